The number of thiol groups is 1. The van der Waals surface area contributed by atoms with Gasteiger partial charge in [0.1, 0.15) is 17.3 Å². The van der Waals surface area contributed by atoms with E-state index in [2.05, 4.69) is 5.32 Å². The van der Waals surface area contributed by atoms with Crippen LogP contribution in [-0.2, 0) is 10.9 Å². The molecule has 0 atom stereocenters. The number of aromatic hydroxyl groups is 1. The maximum absolute atomic E-state index is 13.3. The van der Waals surface area contributed by atoms with Crippen molar-refractivity contribution >= 4 is 39.8 Å². The second kappa shape index (κ2) is 10.3. The van der Waals surface area contributed by atoms with Gasteiger partial charge in [-0.25, -0.2) is 17.1 Å². The maximum atomic E-state index is 13.3. The number of amides is 2. The third-order valence-corrected chi connectivity index (χ3v) is 6.12. The number of halogens is 1. The minimum atomic E-state index is -3.24. The number of phenolic OH excluding ortho intramolecular Hbond substituents is 1. The molecule has 0 unspecified atom stereocenters. The molecular formula is C26H20FN3O5S. The monoisotopic (exact) mass is 505 g/mol. The van der Waals surface area contributed by atoms with E-state index in [1.807, 2.05) is 0 Å². The Morgan fingerprint density at radius 2 is 1.36 bits per heavy atom. The minimum Gasteiger partial charge on any atom is -0.506 e. The van der Waals surface area contributed by atoms with Gasteiger partial charge in [-0.2, -0.15) is 0 Å². The number of rotatable bonds is 7. The molecule has 0 heterocycles. The maximum Gasteiger partial charge on any atom is 0.255 e. The molecule has 10 heteroatoms. The van der Waals surface area contributed by atoms with E-state index in [1.165, 1.54) is 30.3 Å². The van der Waals surface area contributed by atoms with Gasteiger partial charge in [-0.3, -0.25) is 9.59 Å². The molecule has 0 bridgehead atoms. The van der Waals surface area contributed by atoms with Crippen LogP contribution in [0.2, 0.25) is 0 Å². The fourth-order valence-corrected chi connectivity index (χ4v) is 4.18. The first-order valence-corrected chi connectivity index (χ1v) is 11.7. The molecule has 8 nitrogen and oxygen atoms in total. The van der Waals surface area contributed by atoms with E-state index >= 15 is 0 Å². The zero-order valence-electron chi connectivity index (χ0n) is 18.6. The Labute approximate surface area is 207 Å². The second-order valence-corrected chi connectivity index (χ2v) is 8.58. The summed E-state index contributed by atoms with van der Waals surface area (Å²) in [5, 5.41) is 13.0. The van der Waals surface area contributed by atoms with Crippen molar-refractivity contribution < 1.29 is 27.5 Å². The van der Waals surface area contributed by atoms with Crippen molar-refractivity contribution in [3.05, 3.63) is 108 Å². The summed E-state index contributed by atoms with van der Waals surface area (Å²) in [6, 6.07) is 22.1. The van der Waals surface area contributed by atoms with Crippen molar-refractivity contribution in [3.63, 3.8) is 0 Å². The van der Waals surface area contributed by atoms with E-state index in [0.717, 1.165) is 27.6 Å². The number of primary amides is 1. The summed E-state index contributed by atoms with van der Waals surface area (Å²) in [4.78, 5) is 24.0. The van der Waals surface area contributed by atoms with E-state index in [1.54, 1.807) is 48.5 Å². The lowest BCUT2D eigenvalue weighted by Crippen LogP contribution is -2.16. The first-order valence-electron chi connectivity index (χ1n) is 10.6. The lowest BCUT2D eigenvalue weighted by Gasteiger charge is -2.20. The Morgan fingerprint density at radius 1 is 0.806 bits per heavy atom. The van der Waals surface area contributed by atoms with Crippen molar-refractivity contribution in [2.45, 2.75) is 0 Å². The lowest BCUT2D eigenvalue weighted by molar-refractivity contribution is 0.0997. The van der Waals surface area contributed by atoms with Gasteiger partial charge in [0, 0.05) is 16.8 Å². The number of nitrogens with two attached hydrogens (primary N) is 1. The van der Waals surface area contributed by atoms with Gasteiger partial charge >= 0.3 is 0 Å². The van der Waals surface area contributed by atoms with E-state index in [-0.39, 0.29) is 22.8 Å². The molecule has 4 rings (SSSR count). The van der Waals surface area contributed by atoms with Crippen LogP contribution < -0.4 is 15.4 Å². The van der Waals surface area contributed by atoms with Gasteiger partial charge in [-0.15, -0.1) is 0 Å². The average Bonchev–Trinajstić information content (AvgIpc) is 2.87. The number of carbonyl (C=O) groups excluding carboxylic acids is 2. The Bertz CT molecular complexity index is 1490. The summed E-state index contributed by atoms with van der Waals surface area (Å²) in [7, 11) is -3.24. The number of benzene rings is 4. The van der Waals surface area contributed by atoms with Crippen LogP contribution in [0.4, 0.5) is 21.5 Å². The minimum absolute atomic E-state index is 0.106. The zero-order chi connectivity index (χ0) is 25.8. The Morgan fingerprint density at radius 3 is 1.89 bits per heavy atom. The number of anilines is 3. The summed E-state index contributed by atoms with van der Waals surface area (Å²) < 4.78 is 38.0. The molecule has 4 N–H and O–H groups in total. The SMILES string of the molecule is NC(=O)c1ccc(-c2ccc(C(=O)Nc3ccc(O)c(N(c4ccc(F)cc4)[SH](=O)=O)c3)cc2)cc1. The molecule has 0 saturated heterocycles. The highest BCUT2D eigenvalue weighted by molar-refractivity contribution is 7.74. The number of phenols is 1. The van der Waals surface area contributed by atoms with Crippen LogP contribution in [0, 0.1) is 5.82 Å². The van der Waals surface area contributed by atoms with Crippen molar-refractivity contribution in [2.24, 2.45) is 5.73 Å². The van der Waals surface area contributed by atoms with Crippen LogP contribution in [0.25, 0.3) is 11.1 Å². The molecule has 0 aromatic heterocycles. The summed E-state index contributed by atoms with van der Waals surface area (Å²) >= 11 is 0. The quantitative estimate of drug-likeness (QED) is 0.221. The van der Waals surface area contributed by atoms with Crippen LogP contribution in [0.3, 0.4) is 0 Å². The summed E-state index contributed by atoms with van der Waals surface area (Å²) in [5.74, 6) is -1.86. The molecule has 0 aliphatic heterocycles. The van der Waals surface area contributed by atoms with Gasteiger partial charge in [0.25, 0.3) is 5.91 Å². The zero-order valence-corrected chi connectivity index (χ0v) is 19.5. The largest absolute Gasteiger partial charge is 0.506 e. The highest BCUT2D eigenvalue weighted by atomic mass is 32.2. The predicted molar refractivity (Wildman–Crippen MR) is 135 cm³/mol. The van der Waals surface area contributed by atoms with Gasteiger partial charge in [-0.05, 0) is 77.9 Å². The lowest BCUT2D eigenvalue weighted by atomic mass is 10.0. The molecule has 2 amide bonds. The topological polar surface area (TPSA) is 130 Å². The van der Waals surface area contributed by atoms with Crippen LogP contribution in [0.15, 0.2) is 91.0 Å². The molecule has 0 saturated carbocycles. The van der Waals surface area contributed by atoms with Crippen molar-refractivity contribution in [3.8, 4) is 16.9 Å². The molecule has 0 fully saturated rings. The second-order valence-electron chi connectivity index (χ2n) is 7.70. The first kappa shape index (κ1) is 24.4. The molecular weight excluding hydrogens is 485 g/mol. The number of carbonyl (C=O) groups is 2. The Hall–Kier alpha value is -4.70. The van der Waals surface area contributed by atoms with Gasteiger partial charge in [0.15, 0.2) is 0 Å². The molecule has 36 heavy (non-hydrogen) atoms. The summed E-state index contributed by atoms with van der Waals surface area (Å²) in [5.41, 5.74) is 7.90. The van der Waals surface area contributed by atoms with Gasteiger partial charge in [0.2, 0.25) is 16.8 Å². The molecule has 182 valence electrons. The fourth-order valence-electron chi connectivity index (χ4n) is 3.52. The molecule has 0 aliphatic carbocycles. The van der Waals surface area contributed by atoms with E-state index < -0.39 is 28.5 Å². The van der Waals surface area contributed by atoms with Crippen LogP contribution in [0.1, 0.15) is 20.7 Å². The standard InChI is InChI=1S/C26H20FN3O5S/c27-20-9-12-22(13-10-20)30(36(34)35)23-15-21(11-14-24(23)31)29-26(33)19-7-3-17(4-8-19)16-1-5-18(6-2-16)25(28)32/h1-15,31,36H,(H2,28,32)(H,29,33). The third-order valence-electron chi connectivity index (χ3n) is 5.35. The van der Waals surface area contributed by atoms with Crippen molar-refractivity contribution in [2.75, 3.05) is 9.62 Å². The smallest absolute Gasteiger partial charge is 0.255 e. The molecule has 0 radical (unpaired) electrons. The van der Waals surface area contributed by atoms with Crippen molar-refractivity contribution in [1.82, 2.24) is 0 Å². The van der Waals surface area contributed by atoms with Gasteiger partial charge in [0.05, 0.1) is 5.69 Å². The van der Waals surface area contributed by atoms with Gasteiger partial charge < -0.3 is 16.2 Å². The highest BCUT2D eigenvalue weighted by Gasteiger charge is 2.18. The van der Waals surface area contributed by atoms with Crippen LogP contribution in [-0.4, -0.2) is 25.3 Å². The number of nitrogens with one attached hydrogen (secondary N) is 1. The predicted octanol–water partition coefficient (Wildman–Crippen LogP) is 4.21. The normalized spacial score (nSPS) is 10.7. The van der Waals surface area contributed by atoms with E-state index in [9.17, 15) is 27.5 Å². The fraction of sp³-hybridized carbons (Fsp3) is 0. The number of nitrogens with zero attached hydrogens (tertiary/aromatic N) is 1. The summed E-state index contributed by atoms with van der Waals surface area (Å²) in [6.45, 7) is 0. The Balaban J connectivity index is 1.55. The highest BCUT2D eigenvalue weighted by Crippen LogP contribution is 2.35. The van der Waals surface area contributed by atoms with Crippen LogP contribution >= 0.6 is 0 Å². The van der Waals surface area contributed by atoms with Crippen LogP contribution in [0.5, 0.6) is 5.75 Å². The third kappa shape index (κ3) is 5.34. The molecule has 4 aromatic rings. The molecule has 4 aromatic carbocycles. The van der Waals surface area contributed by atoms with E-state index in [0.29, 0.717) is 11.1 Å². The first-order chi connectivity index (χ1) is 17.2. The number of hydrogen-bond acceptors (Lipinski definition) is 5. The summed E-state index contributed by atoms with van der Waals surface area (Å²) in [6.07, 6.45) is 0. The van der Waals surface area contributed by atoms with Gasteiger partial charge in [-0.1, -0.05) is 24.3 Å². The Kier molecular flexibility index (Phi) is 6.98. The number of hydrogen-bond donors (Lipinski definition) is 4. The molecule has 0 aliphatic rings. The molecule has 0 spiro atoms. The van der Waals surface area contributed by atoms with Crippen molar-refractivity contribution in [1.29, 1.82) is 0 Å². The van der Waals surface area contributed by atoms with E-state index in [4.69, 9.17) is 5.73 Å². The average molecular weight is 506 g/mol.